The zero-order valence-corrected chi connectivity index (χ0v) is 11.6. The van der Waals surface area contributed by atoms with E-state index in [4.69, 9.17) is 5.73 Å². The normalized spacial score (nSPS) is 24.6. The molecule has 1 saturated carbocycles. The first-order valence-corrected chi connectivity index (χ1v) is 7.36. The van der Waals surface area contributed by atoms with Crippen LogP contribution in [0.15, 0.2) is 0 Å². The van der Waals surface area contributed by atoms with Crippen LogP contribution in [0, 0.1) is 5.41 Å². The van der Waals surface area contributed by atoms with Crippen LogP contribution < -0.4 is 11.1 Å². The molecule has 0 spiro atoms. The average Bonchev–Trinajstić information content (AvgIpc) is 2.84. The minimum atomic E-state index is 0.126. The van der Waals surface area contributed by atoms with Gasteiger partial charge < -0.3 is 11.1 Å². The number of likely N-dealkylation sites (tertiary alicyclic amines) is 1. The summed E-state index contributed by atoms with van der Waals surface area (Å²) in [7, 11) is 0. The number of nitrogens with two attached hydrogens (primary N) is 1. The third kappa shape index (κ3) is 3.23. The monoisotopic (exact) mass is 253 g/mol. The molecule has 1 aliphatic carbocycles. The lowest BCUT2D eigenvalue weighted by Crippen LogP contribution is -2.45. The highest BCUT2D eigenvalue weighted by Crippen LogP contribution is 2.42. The van der Waals surface area contributed by atoms with Crippen molar-refractivity contribution in [3.8, 4) is 0 Å². The maximum atomic E-state index is 11.9. The van der Waals surface area contributed by atoms with Crippen LogP contribution in [0.4, 0.5) is 0 Å². The molecule has 0 aromatic rings. The van der Waals surface area contributed by atoms with Crippen molar-refractivity contribution in [2.24, 2.45) is 11.1 Å². The lowest BCUT2D eigenvalue weighted by molar-refractivity contribution is -0.124. The molecule has 0 aromatic heterocycles. The average molecular weight is 253 g/mol. The zero-order chi connectivity index (χ0) is 13.0. The Balaban J connectivity index is 1.67. The molecular formula is C14H27N3O. The third-order valence-electron chi connectivity index (χ3n) is 4.74. The summed E-state index contributed by atoms with van der Waals surface area (Å²) >= 11 is 0. The minimum absolute atomic E-state index is 0.126. The van der Waals surface area contributed by atoms with Gasteiger partial charge in [-0.15, -0.1) is 0 Å². The molecule has 104 valence electrons. The van der Waals surface area contributed by atoms with Crippen molar-refractivity contribution < 1.29 is 4.79 Å². The number of carbonyl (C=O) groups is 1. The van der Waals surface area contributed by atoms with Crippen molar-refractivity contribution in [1.29, 1.82) is 0 Å². The van der Waals surface area contributed by atoms with Crippen LogP contribution in [0.3, 0.4) is 0 Å². The smallest absolute Gasteiger partial charge is 0.220 e. The van der Waals surface area contributed by atoms with E-state index in [0.717, 1.165) is 19.4 Å². The highest BCUT2D eigenvalue weighted by molar-refractivity contribution is 5.76. The van der Waals surface area contributed by atoms with E-state index in [1.807, 2.05) is 0 Å². The van der Waals surface area contributed by atoms with Crippen molar-refractivity contribution >= 4 is 5.91 Å². The molecule has 2 rings (SSSR count). The van der Waals surface area contributed by atoms with E-state index >= 15 is 0 Å². The van der Waals surface area contributed by atoms with Crippen LogP contribution in [-0.4, -0.2) is 43.0 Å². The molecule has 1 atom stereocenters. The molecular weight excluding hydrogens is 226 g/mol. The van der Waals surface area contributed by atoms with Crippen molar-refractivity contribution in [2.75, 3.05) is 26.2 Å². The standard InChI is InChI=1S/C14H27N3O/c1-12(17-7-2-3-8-17)10-16-13(18)9-14(11-15)5-4-6-14/h12H,2-11,15H2,1H3,(H,16,18). The molecule has 18 heavy (non-hydrogen) atoms. The van der Waals surface area contributed by atoms with E-state index in [2.05, 4.69) is 17.1 Å². The van der Waals surface area contributed by atoms with Gasteiger partial charge >= 0.3 is 0 Å². The minimum Gasteiger partial charge on any atom is -0.355 e. The second kappa shape index (κ2) is 6.02. The van der Waals surface area contributed by atoms with Gasteiger partial charge in [-0.3, -0.25) is 9.69 Å². The molecule has 3 N–H and O–H groups in total. The summed E-state index contributed by atoms with van der Waals surface area (Å²) in [5, 5.41) is 3.08. The van der Waals surface area contributed by atoms with Crippen LogP contribution in [0.5, 0.6) is 0 Å². The van der Waals surface area contributed by atoms with Crippen LogP contribution in [-0.2, 0) is 4.79 Å². The Morgan fingerprint density at radius 3 is 2.50 bits per heavy atom. The molecule has 1 unspecified atom stereocenters. The van der Waals surface area contributed by atoms with Gasteiger partial charge in [0.15, 0.2) is 0 Å². The summed E-state index contributed by atoms with van der Waals surface area (Å²) < 4.78 is 0. The molecule has 0 radical (unpaired) electrons. The van der Waals surface area contributed by atoms with Crippen molar-refractivity contribution in [3.63, 3.8) is 0 Å². The predicted octanol–water partition coefficient (Wildman–Crippen LogP) is 1.11. The summed E-state index contributed by atoms with van der Waals surface area (Å²) in [6.07, 6.45) is 6.70. The first-order chi connectivity index (χ1) is 8.65. The number of nitrogens with one attached hydrogen (secondary N) is 1. The largest absolute Gasteiger partial charge is 0.355 e. The molecule has 0 aromatic carbocycles. The molecule has 1 aliphatic heterocycles. The van der Waals surface area contributed by atoms with E-state index in [1.165, 1.54) is 32.4 Å². The van der Waals surface area contributed by atoms with Gasteiger partial charge in [-0.05, 0) is 57.7 Å². The summed E-state index contributed by atoms with van der Waals surface area (Å²) in [6.45, 7) is 6.00. The maximum absolute atomic E-state index is 11.9. The Morgan fingerprint density at radius 2 is 2.00 bits per heavy atom. The van der Waals surface area contributed by atoms with E-state index < -0.39 is 0 Å². The van der Waals surface area contributed by atoms with Gasteiger partial charge in [-0.1, -0.05) is 6.42 Å². The summed E-state index contributed by atoms with van der Waals surface area (Å²) in [5.74, 6) is 0.186. The number of hydrogen-bond acceptors (Lipinski definition) is 3. The summed E-state index contributed by atoms with van der Waals surface area (Å²) in [4.78, 5) is 14.4. The second-order valence-electron chi connectivity index (χ2n) is 6.13. The maximum Gasteiger partial charge on any atom is 0.220 e. The molecule has 4 heteroatoms. The van der Waals surface area contributed by atoms with Crippen molar-refractivity contribution in [2.45, 2.75) is 51.5 Å². The quantitative estimate of drug-likeness (QED) is 0.745. The van der Waals surface area contributed by atoms with Gasteiger partial charge in [0.1, 0.15) is 0 Å². The zero-order valence-electron chi connectivity index (χ0n) is 11.6. The molecule has 4 nitrogen and oxygen atoms in total. The fourth-order valence-corrected chi connectivity index (χ4v) is 3.11. The SMILES string of the molecule is CC(CNC(=O)CC1(CN)CCC1)N1CCCC1. The van der Waals surface area contributed by atoms with E-state index in [0.29, 0.717) is 19.0 Å². The van der Waals surface area contributed by atoms with E-state index in [9.17, 15) is 4.79 Å². The predicted molar refractivity (Wildman–Crippen MR) is 73.2 cm³/mol. The van der Waals surface area contributed by atoms with Gasteiger partial charge in [0.25, 0.3) is 0 Å². The topological polar surface area (TPSA) is 58.4 Å². The lowest BCUT2D eigenvalue weighted by Gasteiger charge is -2.40. The highest BCUT2D eigenvalue weighted by atomic mass is 16.1. The van der Waals surface area contributed by atoms with Gasteiger partial charge in [-0.2, -0.15) is 0 Å². The molecule has 1 heterocycles. The molecule has 2 aliphatic rings. The van der Waals surface area contributed by atoms with Crippen molar-refractivity contribution in [3.05, 3.63) is 0 Å². The van der Waals surface area contributed by atoms with E-state index in [-0.39, 0.29) is 11.3 Å². The van der Waals surface area contributed by atoms with Crippen LogP contribution in [0.2, 0.25) is 0 Å². The van der Waals surface area contributed by atoms with Gasteiger partial charge in [0.2, 0.25) is 5.91 Å². The lowest BCUT2D eigenvalue weighted by atomic mass is 9.66. The Hall–Kier alpha value is -0.610. The number of amides is 1. The molecule has 2 fully saturated rings. The van der Waals surface area contributed by atoms with Crippen LogP contribution in [0.1, 0.15) is 45.4 Å². The summed E-state index contributed by atoms with van der Waals surface area (Å²) in [5.41, 5.74) is 5.91. The Kier molecular flexibility index (Phi) is 4.62. The number of hydrogen-bond donors (Lipinski definition) is 2. The second-order valence-corrected chi connectivity index (χ2v) is 6.13. The fraction of sp³-hybridized carbons (Fsp3) is 0.929. The first kappa shape index (κ1) is 13.8. The molecule has 1 saturated heterocycles. The van der Waals surface area contributed by atoms with Crippen LogP contribution in [0.25, 0.3) is 0 Å². The number of nitrogens with zero attached hydrogens (tertiary/aromatic N) is 1. The Morgan fingerprint density at radius 1 is 1.33 bits per heavy atom. The summed E-state index contributed by atoms with van der Waals surface area (Å²) in [6, 6.07) is 0.465. The van der Waals surface area contributed by atoms with Gasteiger partial charge in [0, 0.05) is 19.0 Å². The van der Waals surface area contributed by atoms with E-state index in [1.54, 1.807) is 0 Å². The van der Waals surface area contributed by atoms with Crippen LogP contribution >= 0.6 is 0 Å². The molecule has 0 bridgehead atoms. The Labute approximate surface area is 110 Å². The van der Waals surface area contributed by atoms with Gasteiger partial charge in [0.05, 0.1) is 0 Å². The fourth-order valence-electron chi connectivity index (χ4n) is 3.11. The third-order valence-corrected chi connectivity index (χ3v) is 4.74. The van der Waals surface area contributed by atoms with Crippen molar-refractivity contribution in [1.82, 2.24) is 10.2 Å². The van der Waals surface area contributed by atoms with Gasteiger partial charge in [-0.25, -0.2) is 0 Å². The molecule has 1 amide bonds. The Bertz CT molecular complexity index is 277. The number of carbonyl (C=O) groups excluding carboxylic acids is 1. The first-order valence-electron chi connectivity index (χ1n) is 7.36. The highest BCUT2D eigenvalue weighted by Gasteiger charge is 2.37. The number of rotatable bonds is 6.